The third kappa shape index (κ3) is 6.20. The van der Waals surface area contributed by atoms with E-state index in [1.54, 1.807) is 0 Å². The largest absolute Gasteiger partial charge is 0.349 e. The van der Waals surface area contributed by atoms with E-state index in [0.717, 1.165) is 29.5 Å². The van der Waals surface area contributed by atoms with Gasteiger partial charge in [-0.3, -0.25) is 4.79 Å². The van der Waals surface area contributed by atoms with Gasteiger partial charge in [0.05, 0.1) is 17.7 Å². The summed E-state index contributed by atoms with van der Waals surface area (Å²) in [5.41, 5.74) is 5.87. The Hall–Kier alpha value is -2.18. The molecule has 1 heterocycles. The van der Waals surface area contributed by atoms with Crippen LogP contribution in [-0.4, -0.2) is 37.5 Å². The molecule has 1 aliphatic heterocycles. The summed E-state index contributed by atoms with van der Waals surface area (Å²) < 4.78 is 27.3. The van der Waals surface area contributed by atoms with Gasteiger partial charge in [-0.1, -0.05) is 42.5 Å². The number of benzene rings is 2. The summed E-state index contributed by atoms with van der Waals surface area (Å²) in [7, 11) is -3.36. The van der Waals surface area contributed by atoms with Crippen molar-refractivity contribution >= 4 is 15.9 Å². The monoisotopic (exact) mass is 456 g/mol. The molecule has 0 aliphatic carbocycles. The van der Waals surface area contributed by atoms with Gasteiger partial charge in [-0.05, 0) is 81.2 Å². The van der Waals surface area contributed by atoms with Gasteiger partial charge in [0.15, 0.2) is 0 Å². The Labute approximate surface area is 193 Å². The fourth-order valence-corrected chi connectivity index (χ4v) is 6.08. The number of nitrogens with one attached hydrogen (secondary N) is 1. The summed E-state index contributed by atoms with van der Waals surface area (Å²) >= 11 is 0. The van der Waals surface area contributed by atoms with E-state index in [-0.39, 0.29) is 30.2 Å². The molecule has 5 nitrogen and oxygen atoms in total. The van der Waals surface area contributed by atoms with Crippen LogP contribution in [0.3, 0.4) is 0 Å². The standard InChI is InChI=1S/C26H36N2O3S/c1-19-16-21(3)25(17-20(19)2)22(4)27-26(29)24-13-8-14-28(18-24)32(30,31)15-9-12-23-10-6-5-7-11-23/h5-7,10-11,16-17,22,24H,8-9,12-15,18H2,1-4H3,(H,27,29)/t22-,24+/m0/s1. The SMILES string of the molecule is Cc1cc(C)c([C@H](C)NC(=O)[C@@H]2CCCN(S(=O)(=O)CCCc3ccccc3)C2)cc1C. The molecule has 2 atom stereocenters. The lowest BCUT2D eigenvalue weighted by molar-refractivity contribution is -0.126. The average Bonchev–Trinajstić information content (AvgIpc) is 2.77. The van der Waals surface area contributed by atoms with Crippen molar-refractivity contribution in [3.8, 4) is 0 Å². The number of piperidine rings is 1. The van der Waals surface area contributed by atoms with Crippen LogP contribution in [0.25, 0.3) is 0 Å². The summed E-state index contributed by atoms with van der Waals surface area (Å²) in [5, 5.41) is 3.13. The molecular weight excluding hydrogens is 420 g/mol. The lowest BCUT2D eigenvalue weighted by Gasteiger charge is -2.32. The van der Waals surface area contributed by atoms with Gasteiger partial charge in [-0.15, -0.1) is 0 Å². The van der Waals surface area contributed by atoms with Crippen molar-refractivity contribution in [2.45, 2.75) is 59.4 Å². The first kappa shape index (κ1) is 24.5. The second kappa shape index (κ2) is 10.6. The zero-order valence-corrected chi connectivity index (χ0v) is 20.5. The fraction of sp³-hybridized carbons (Fsp3) is 0.500. The Bertz CT molecular complexity index is 1030. The highest BCUT2D eigenvalue weighted by molar-refractivity contribution is 7.89. The van der Waals surface area contributed by atoms with Crippen LogP contribution < -0.4 is 5.32 Å². The predicted octanol–water partition coefficient (Wildman–Crippen LogP) is 4.46. The van der Waals surface area contributed by atoms with Gasteiger partial charge in [-0.2, -0.15) is 0 Å². The molecule has 0 aromatic heterocycles. The second-order valence-corrected chi connectivity index (χ2v) is 11.2. The van der Waals surface area contributed by atoms with Gasteiger partial charge >= 0.3 is 0 Å². The van der Waals surface area contributed by atoms with Crippen LogP contribution in [0.1, 0.15) is 60.0 Å². The Balaban J connectivity index is 1.57. The van der Waals surface area contributed by atoms with Crippen molar-refractivity contribution < 1.29 is 13.2 Å². The molecule has 174 valence electrons. The van der Waals surface area contributed by atoms with Crippen molar-refractivity contribution in [1.29, 1.82) is 0 Å². The summed E-state index contributed by atoms with van der Waals surface area (Å²) in [5.74, 6) is -0.240. The van der Waals surface area contributed by atoms with Gasteiger partial charge in [-0.25, -0.2) is 12.7 Å². The van der Waals surface area contributed by atoms with Crippen LogP contribution >= 0.6 is 0 Å². The van der Waals surface area contributed by atoms with Crippen molar-refractivity contribution in [2.24, 2.45) is 5.92 Å². The maximum absolute atomic E-state index is 13.0. The van der Waals surface area contributed by atoms with Crippen LogP contribution in [0.15, 0.2) is 42.5 Å². The zero-order chi connectivity index (χ0) is 23.3. The first-order valence-corrected chi connectivity index (χ1v) is 13.2. The second-order valence-electron chi connectivity index (χ2n) is 9.13. The number of hydrogen-bond donors (Lipinski definition) is 1. The molecule has 32 heavy (non-hydrogen) atoms. The Morgan fingerprint density at radius 2 is 1.78 bits per heavy atom. The maximum atomic E-state index is 13.0. The highest BCUT2D eigenvalue weighted by Gasteiger charge is 2.32. The molecule has 0 unspecified atom stereocenters. The molecule has 0 saturated carbocycles. The molecule has 0 bridgehead atoms. The average molecular weight is 457 g/mol. The molecule has 2 aromatic carbocycles. The van der Waals surface area contributed by atoms with Gasteiger partial charge in [0.2, 0.25) is 15.9 Å². The summed E-state index contributed by atoms with van der Waals surface area (Å²) in [6, 6.07) is 14.1. The molecular formula is C26H36N2O3S. The van der Waals surface area contributed by atoms with E-state index in [1.807, 2.05) is 37.3 Å². The normalized spacial score (nSPS) is 18.3. The molecule has 1 N–H and O–H groups in total. The molecule has 2 aromatic rings. The van der Waals surface area contributed by atoms with Crippen LogP contribution in [0.2, 0.25) is 0 Å². The number of nitrogens with zero attached hydrogens (tertiary/aromatic N) is 1. The van der Waals surface area contributed by atoms with E-state index in [1.165, 1.54) is 15.4 Å². The quantitative estimate of drug-likeness (QED) is 0.638. The predicted molar refractivity (Wildman–Crippen MR) is 130 cm³/mol. The Morgan fingerprint density at radius 1 is 1.09 bits per heavy atom. The van der Waals surface area contributed by atoms with E-state index in [0.29, 0.717) is 19.4 Å². The molecule has 1 amide bonds. The fourth-order valence-electron chi connectivity index (χ4n) is 4.50. The minimum atomic E-state index is -3.36. The maximum Gasteiger partial charge on any atom is 0.224 e. The molecule has 1 saturated heterocycles. The van der Waals surface area contributed by atoms with E-state index < -0.39 is 10.0 Å². The summed E-state index contributed by atoms with van der Waals surface area (Å²) in [4.78, 5) is 13.0. The number of carbonyl (C=O) groups is 1. The highest BCUT2D eigenvalue weighted by atomic mass is 32.2. The van der Waals surface area contributed by atoms with E-state index in [2.05, 4.69) is 38.2 Å². The third-order valence-electron chi connectivity index (χ3n) is 6.57. The number of carbonyl (C=O) groups excluding carboxylic acids is 1. The number of aryl methyl sites for hydroxylation is 4. The van der Waals surface area contributed by atoms with Crippen LogP contribution in [-0.2, 0) is 21.2 Å². The lowest BCUT2D eigenvalue weighted by atomic mass is 9.95. The third-order valence-corrected chi connectivity index (χ3v) is 8.49. The topological polar surface area (TPSA) is 66.5 Å². The summed E-state index contributed by atoms with van der Waals surface area (Å²) in [6.45, 7) is 9.01. The number of hydrogen-bond acceptors (Lipinski definition) is 3. The number of sulfonamides is 1. The number of amides is 1. The van der Waals surface area contributed by atoms with Gasteiger partial charge in [0.25, 0.3) is 0 Å². The summed E-state index contributed by atoms with van der Waals surface area (Å²) in [6.07, 6.45) is 2.76. The van der Waals surface area contributed by atoms with Gasteiger partial charge < -0.3 is 5.32 Å². The van der Waals surface area contributed by atoms with Gasteiger partial charge in [0, 0.05) is 13.1 Å². The lowest BCUT2D eigenvalue weighted by Crippen LogP contribution is -2.46. The highest BCUT2D eigenvalue weighted by Crippen LogP contribution is 2.24. The smallest absolute Gasteiger partial charge is 0.224 e. The minimum absolute atomic E-state index is 0.0562. The first-order chi connectivity index (χ1) is 15.2. The van der Waals surface area contributed by atoms with E-state index in [9.17, 15) is 13.2 Å². The van der Waals surface area contributed by atoms with Crippen molar-refractivity contribution in [3.63, 3.8) is 0 Å². The van der Waals surface area contributed by atoms with E-state index in [4.69, 9.17) is 0 Å². The van der Waals surface area contributed by atoms with Crippen LogP contribution in [0, 0.1) is 26.7 Å². The zero-order valence-electron chi connectivity index (χ0n) is 19.7. The molecule has 1 fully saturated rings. The molecule has 0 spiro atoms. The van der Waals surface area contributed by atoms with Crippen molar-refractivity contribution in [1.82, 2.24) is 9.62 Å². The Morgan fingerprint density at radius 3 is 2.50 bits per heavy atom. The minimum Gasteiger partial charge on any atom is -0.349 e. The molecule has 3 rings (SSSR count). The van der Waals surface area contributed by atoms with Gasteiger partial charge in [0.1, 0.15) is 0 Å². The molecule has 6 heteroatoms. The van der Waals surface area contributed by atoms with Crippen LogP contribution in [0.5, 0.6) is 0 Å². The first-order valence-electron chi connectivity index (χ1n) is 11.6. The Kier molecular flexibility index (Phi) is 8.12. The van der Waals surface area contributed by atoms with Crippen LogP contribution in [0.4, 0.5) is 0 Å². The number of rotatable bonds is 8. The molecule has 0 radical (unpaired) electrons. The van der Waals surface area contributed by atoms with Crippen molar-refractivity contribution in [2.75, 3.05) is 18.8 Å². The molecule has 1 aliphatic rings. The van der Waals surface area contributed by atoms with Crippen molar-refractivity contribution in [3.05, 3.63) is 70.3 Å². The van der Waals surface area contributed by atoms with E-state index >= 15 is 0 Å².